The Bertz CT molecular complexity index is 605. The fourth-order valence-electron chi connectivity index (χ4n) is 1.52. The molecular weight excluding hydrogens is 320 g/mol. The van der Waals surface area contributed by atoms with E-state index in [1.54, 1.807) is 12.1 Å². The molecule has 19 heavy (non-hydrogen) atoms. The smallest absolute Gasteiger partial charge is 0.225 e. The summed E-state index contributed by atoms with van der Waals surface area (Å²) in [5.74, 6) is -2.40. The molecule has 6 heteroatoms. The SMILES string of the molecule is CC(O)c1cccnc1Oc1cc(Br)cc(F)c1F. The van der Waals surface area contributed by atoms with Crippen LogP contribution in [0.2, 0.25) is 0 Å². The van der Waals surface area contributed by atoms with Crippen molar-refractivity contribution < 1.29 is 18.6 Å². The van der Waals surface area contributed by atoms with Gasteiger partial charge in [0.25, 0.3) is 0 Å². The second kappa shape index (κ2) is 5.63. The van der Waals surface area contributed by atoms with E-state index in [0.717, 1.165) is 6.07 Å². The van der Waals surface area contributed by atoms with E-state index < -0.39 is 17.7 Å². The summed E-state index contributed by atoms with van der Waals surface area (Å²) in [6, 6.07) is 5.50. The number of aromatic nitrogens is 1. The number of pyridine rings is 1. The molecule has 0 aliphatic rings. The lowest BCUT2D eigenvalue weighted by atomic mass is 10.2. The van der Waals surface area contributed by atoms with Crippen LogP contribution in [0.25, 0.3) is 0 Å². The molecule has 3 nitrogen and oxygen atoms in total. The molecule has 0 radical (unpaired) electrons. The summed E-state index contributed by atoms with van der Waals surface area (Å²) in [6.45, 7) is 1.53. The Morgan fingerprint density at radius 2 is 2.11 bits per heavy atom. The highest BCUT2D eigenvalue weighted by Crippen LogP contribution is 2.31. The van der Waals surface area contributed by atoms with Gasteiger partial charge in [-0.3, -0.25) is 0 Å². The summed E-state index contributed by atoms with van der Waals surface area (Å²) in [6.07, 6.45) is 0.608. The summed E-state index contributed by atoms with van der Waals surface area (Å²) in [5.41, 5.74) is 0.391. The fourth-order valence-corrected chi connectivity index (χ4v) is 1.93. The molecule has 1 N–H and O–H groups in total. The van der Waals surface area contributed by atoms with Gasteiger partial charge in [0.05, 0.1) is 6.10 Å². The molecule has 1 aromatic heterocycles. The van der Waals surface area contributed by atoms with Gasteiger partial charge >= 0.3 is 0 Å². The van der Waals surface area contributed by atoms with E-state index in [2.05, 4.69) is 20.9 Å². The predicted molar refractivity (Wildman–Crippen MR) is 69.0 cm³/mol. The van der Waals surface area contributed by atoms with Crippen molar-refractivity contribution in [2.75, 3.05) is 0 Å². The quantitative estimate of drug-likeness (QED) is 0.866. The summed E-state index contributed by atoms with van der Waals surface area (Å²) in [5, 5.41) is 9.56. The monoisotopic (exact) mass is 329 g/mol. The molecule has 0 spiro atoms. The fraction of sp³-hybridized carbons (Fsp3) is 0.154. The van der Waals surface area contributed by atoms with Crippen LogP contribution in [0.1, 0.15) is 18.6 Å². The number of rotatable bonds is 3. The zero-order valence-electron chi connectivity index (χ0n) is 9.90. The molecular formula is C13H10BrF2NO2. The van der Waals surface area contributed by atoms with Crippen LogP contribution in [0.3, 0.4) is 0 Å². The van der Waals surface area contributed by atoms with Crippen molar-refractivity contribution in [3.05, 3.63) is 52.1 Å². The minimum atomic E-state index is -1.11. The molecule has 100 valence electrons. The van der Waals surface area contributed by atoms with Crippen molar-refractivity contribution in [3.8, 4) is 11.6 Å². The third-order valence-electron chi connectivity index (χ3n) is 2.42. The molecule has 1 aromatic carbocycles. The third-order valence-corrected chi connectivity index (χ3v) is 2.87. The molecule has 0 aliphatic carbocycles. The van der Waals surface area contributed by atoms with E-state index >= 15 is 0 Å². The van der Waals surface area contributed by atoms with Gasteiger partial charge in [-0.2, -0.15) is 4.39 Å². The van der Waals surface area contributed by atoms with Crippen LogP contribution in [-0.2, 0) is 0 Å². The van der Waals surface area contributed by atoms with Crippen molar-refractivity contribution in [1.29, 1.82) is 0 Å². The van der Waals surface area contributed by atoms with Crippen molar-refractivity contribution in [3.63, 3.8) is 0 Å². The molecule has 0 saturated heterocycles. The van der Waals surface area contributed by atoms with Gasteiger partial charge in [0.2, 0.25) is 11.7 Å². The van der Waals surface area contributed by atoms with E-state index in [0.29, 0.717) is 10.0 Å². The molecule has 0 fully saturated rings. The second-order valence-electron chi connectivity index (χ2n) is 3.88. The molecule has 2 aromatic rings. The lowest BCUT2D eigenvalue weighted by Crippen LogP contribution is -2.00. The largest absolute Gasteiger partial charge is 0.435 e. The van der Waals surface area contributed by atoms with Crippen molar-refractivity contribution in [1.82, 2.24) is 4.98 Å². The van der Waals surface area contributed by atoms with Gasteiger partial charge in [0.15, 0.2) is 11.6 Å². The highest BCUT2D eigenvalue weighted by molar-refractivity contribution is 9.10. The Morgan fingerprint density at radius 3 is 2.79 bits per heavy atom. The average Bonchev–Trinajstić information content (AvgIpc) is 2.35. The van der Waals surface area contributed by atoms with Crippen LogP contribution >= 0.6 is 15.9 Å². The van der Waals surface area contributed by atoms with Crippen LogP contribution in [0.5, 0.6) is 11.6 Å². The average molecular weight is 330 g/mol. The van der Waals surface area contributed by atoms with Gasteiger partial charge < -0.3 is 9.84 Å². The molecule has 1 unspecified atom stereocenters. The number of ether oxygens (including phenoxy) is 1. The number of aliphatic hydroxyl groups excluding tert-OH is 1. The highest BCUT2D eigenvalue weighted by Gasteiger charge is 2.16. The third kappa shape index (κ3) is 3.08. The molecule has 1 heterocycles. The Balaban J connectivity index is 2.42. The molecule has 0 aliphatic heterocycles. The van der Waals surface area contributed by atoms with Crippen LogP contribution in [-0.4, -0.2) is 10.1 Å². The van der Waals surface area contributed by atoms with Crippen molar-refractivity contribution >= 4 is 15.9 Å². The minimum Gasteiger partial charge on any atom is -0.435 e. The molecule has 0 saturated carbocycles. The van der Waals surface area contributed by atoms with E-state index in [1.165, 1.54) is 19.2 Å². The van der Waals surface area contributed by atoms with Gasteiger partial charge in [-0.25, -0.2) is 9.37 Å². The van der Waals surface area contributed by atoms with E-state index in [1.807, 2.05) is 0 Å². The number of aliphatic hydroxyl groups is 1. The standard InChI is InChI=1S/C13H10BrF2NO2/c1-7(18)9-3-2-4-17-13(9)19-11-6-8(14)5-10(15)12(11)16/h2-7,18H,1H3. The molecule has 2 rings (SSSR count). The Labute approximate surface area is 117 Å². The van der Waals surface area contributed by atoms with Gasteiger partial charge in [0.1, 0.15) is 0 Å². The van der Waals surface area contributed by atoms with Crippen molar-refractivity contribution in [2.45, 2.75) is 13.0 Å². The maximum Gasteiger partial charge on any atom is 0.225 e. The lowest BCUT2D eigenvalue weighted by Gasteiger charge is -2.12. The first-order valence-electron chi connectivity index (χ1n) is 5.44. The highest BCUT2D eigenvalue weighted by atomic mass is 79.9. The number of nitrogens with zero attached hydrogens (tertiary/aromatic N) is 1. The number of hydrogen-bond acceptors (Lipinski definition) is 3. The van der Waals surface area contributed by atoms with Gasteiger partial charge in [-0.05, 0) is 31.2 Å². The van der Waals surface area contributed by atoms with E-state index in [-0.39, 0.29) is 11.6 Å². The number of benzene rings is 1. The molecule has 1 atom stereocenters. The Hall–Kier alpha value is -1.53. The first kappa shape index (κ1) is 13.9. The van der Waals surface area contributed by atoms with Crippen LogP contribution in [0.15, 0.2) is 34.9 Å². The summed E-state index contributed by atoms with van der Waals surface area (Å²) in [4.78, 5) is 3.91. The first-order valence-corrected chi connectivity index (χ1v) is 6.23. The maximum atomic E-state index is 13.6. The van der Waals surface area contributed by atoms with Crippen LogP contribution < -0.4 is 4.74 Å². The first-order chi connectivity index (χ1) is 8.99. The van der Waals surface area contributed by atoms with Crippen molar-refractivity contribution in [2.24, 2.45) is 0 Å². The summed E-state index contributed by atoms with van der Waals surface area (Å²) < 4.78 is 32.4. The maximum absolute atomic E-state index is 13.6. The second-order valence-corrected chi connectivity index (χ2v) is 4.79. The zero-order valence-corrected chi connectivity index (χ0v) is 11.5. The zero-order chi connectivity index (χ0) is 14.0. The normalized spacial score (nSPS) is 12.3. The lowest BCUT2D eigenvalue weighted by molar-refractivity contribution is 0.194. The van der Waals surface area contributed by atoms with Gasteiger partial charge in [-0.15, -0.1) is 0 Å². The van der Waals surface area contributed by atoms with Crippen LogP contribution in [0.4, 0.5) is 8.78 Å². The van der Waals surface area contributed by atoms with Gasteiger partial charge in [-0.1, -0.05) is 15.9 Å². The summed E-state index contributed by atoms with van der Waals surface area (Å²) in [7, 11) is 0. The van der Waals surface area contributed by atoms with E-state index in [9.17, 15) is 13.9 Å². The minimum absolute atomic E-state index is 0.0360. The van der Waals surface area contributed by atoms with E-state index in [4.69, 9.17) is 4.74 Å². The van der Waals surface area contributed by atoms with Crippen LogP contribution in [0, 0.1) is 11.6 Å². The predicted octanol–water partition coefficient (Wildman–Crippen LogP) is 3.97. The molecule has 0 amide bonds. The summed E-state index contributed by atoms with van der Waals surface area (Å²) >= 11 is 3.05. The van der Waals surface area contributed by atoms with Gasteiger partial charge in [0, 0.05) is 16.2 Å². The number of hydrogen-bond donors (Lipinski definition) is 1. The number of halogens is 3. The Morgan fingerprint density at radius 1 is 1.37 bits per heavy atom. The Kier molecular flexibility index (Phi) is 4.11. The molecule has 0 bridgehead atoms. The topological polar surface area (TPSA) is 42.4 Å².